The van der Waals surface area contributed by atoms with Crippen molar-refractivity contribution >= 4 is 11.8 Å². The zero-order chi connectivity index (χ0) is 18.0. The second-order valence-corrected chi connectivity index (χ2v) is 7.83. The molecular formula is C18H29N5O2. The molecule has 1 aromatic rings. The summed E-state index contributed by atoms with van der Waals surface area (Å²) in [6, 6.07) is -0.425. The van der Waals surface area contributed by atoms with Gasteiger partial charge in [-0.3, -0.25) is 14.3 Å². The third-order valence-electron chi connectivity index (χ3n) is 5.21. The van der Waals surface area contributed by atoms with Gasteiger partial charge in [-0.15, -0.1) is 5.10 Å². The highest BCUT2D eigenvalue weighted by Gasteiger charge is 2.31. The Morgan fingerprint density at radius 3 is 2.48 bits per heavy atom. The average Bonchev–Trinajstić information content (AvgIpc) is 3.32. The smallest absolute Gasteiger partial charge is 0.245 e. The quantitative estimate of drug-likeness (QED) is 0.847. The highest BCUT2D eigenvalue weighted by Crippen LogP contribution is 2.38. The molecule has 0 aromatic carbocycles. The molecule has 1 aliphatic heterocycles. The Balaban J connectivity index is 1.49. The fraction of sp³-hybridized carbons (Fsp3) is 0.778. The summed E-state index contributed by atoms with van der Waals surface area (Å²) in [6.45, 7) is 7.76. The fourth-order valence-electron chi connectivity index (χ4n) is 3.50. The van der Waals surface area contributed by atoms with Gasteiger partial charge in [-0.2, -0.15) is 0 Å². The Morgan fingerprint density at radius 1 is 1.24 bits per heavy atom. The molecule has 7 nitrogen and oxygen atoms in total. The highest BCUT2D eigenvalue weighted by molar-refractivity contribution is 5.87. The van der Waals surface area contributed by atoms with Crippen molar-refractivity contribution in [1.82, 2.24) is 25.2 Å². The van der Waals surface area contributed by atoms with Crippen LogP contribution in [-0.4, -0.2) is 50.8 Å². The van der Waals surface area contributed by atoms with Crippen LogP contribution < -0.4 is 5.32 Å². The van der Waals surface area contributed by atoms with Crippen LogP contribution in [-0.2, 0) is 16.1 Å². The van der Waals surface area contributed by atoms with Crippen LogP contribution in [0.2, 0.25) is 0 Å². The SMILES string of the molecule is CC(=O)NC(C(=O)N1CCC(Cn2cc(C3CC3)nn2)CC1)C(C)C. The Labute approximate surface area is 149 Å². The molecule has 0 spiro atoms. The number of aromatic nitrogens is 3. The van der Waals surface area contributed by atoms with Crippen LogP contribution in [0.3, 0.4) is 0 Å². The average molecular weight is 347 g/mol. The summed E-state index contributed by atoms with van der Waals surface area (Å²) in [5, 5.41) is 11.3. The fourth-order valence-corrected chi connectivity index (χ4v) is 3.50. The van der Waals surface area contributed by atoms with Crippen LogP contribution in [0.15, 0.2) is 6.20 Å². The van der Waals surface area contributed by atoms with Crippen molar-refractivity contribution in [3.05, 3.63) is 11.9 Å². The minimum atomic E-state index is -0.425. The topological polar surface area (TPSA) is 80.1 Å². The molecule has 1 atom stereocenters. The molecule has 25 heavy (non-hydrogen) atoms. The molecule has 2 amide bonds. The number of carbonyl (C=O) groups excluding carboxylic acids is 2. The predicted octanol–water partition coefficient (Wildman–Crippen LogP) is 1.55. The number of likely N-dealkylation sites (tertiary alicyclic amines) is 1. The van der Waals surface area contributed by atoms with E-state index in [1.54, 1.807) is 0 Å². The Hall–Kier alpha value is -1.92. The lowest BCUT2D eigenvalue weighted by atomic mass is 9.95. The van der Waals surface area contributed by atoms with Crippen molar-refractivity contribution in [3.63, 3.8) is 0 Å². The van der Waals surface area contributed by atoms with Crippen molar-refractivity contribution in [3.8, 4) is 0 Å². The maximum Gasteiger partial charge on any atom is 0.245 e. The summed E-state index contributed by atoms with van der Waals surface area (Å²) in [5.74, 6) is 1.14. The second-order valence-electron chi connectivity index (χ2n) is 7.83. The molecule has 3 rings (SSSR count). The molecule has 1 N–H and O–H groups in total. The van der Waals surface area contributed by atoms with E-state index in [1.807, 2.05) is 23.4 Å². The lowest BCUT2D eigenvalue weighted by Crippen LogP contribution is -2.52. The molecule has 138 valence electrons. The first-order valence-corrected chi connectivity index (χ1v) is 9.40. The van der Waals surface area contributed by atoms with Crippen LogP contribution in [0.4, 0.5) is 0 Å². The van der Waals surface area contributed by atoms with E-state index in [-0.39, 0.29) is 17.7 Å². The van der Waals surface area contributed by atoms with Crippen molar-refractivity contribution in [2.75, 3.05) is 13.1 Å². The van der Waals surface area contributed by atoms with Gasteiger partial charge in [-0.05, 0) is 37.5 Å². The van der Waals surface area contributed by atoms with Gasteiger partial charge in [0.15, 0.2) is 0 Å². The summed E-state index contributed by atoms with van der Waals surface area (Å²) in [4.78, 5) is 26.0. The molecule has 1 aliphatic carbocycles. The van der Waals surface area contributed by atoms with Gasteiger partial charge in [0.25, 0.3) is 0 Å². The van der Waals surface area contributed by atoms with E-state index in [9.17, 15) is 9.59 Å². The van der Waals surface area contributed by atoms with E-state index in [1.165, 1.54) is 19.8 Å². The lowest BCUT2D eigenvalue weighted by molar-refractivity contribution is -0.138. The minimum Gasteiger partial charge on any atom is -0.344 e. The van der Waals surface area contributed by atoms with Gasteiger partial charge in [-0.1, -0.05) is 19.1 Å². The van der Waals surface area contributed by atoms with Gasteiger partial charge in [0, 0.05) is 38.7 Å². The third-order valence-corrected chi connectivity index (χ3v) is 5.21. The molecule has 2 aliphatic rings. The standard InChI is InChI=1S/C18H29N5O2/c1-12(2)17(19-13(3)24)18(25)22-8-6-14(7-9-22)10-23-11-16(20-21-23)15-4-5-15/h11-12,14-15,17H,4-10H2,1-3H3,(H,19,24). The van der Waals surface area contributed by atoms with E-state index in [2.05, 4.69) is 21.8 Å². The van der Waals surface area contributed by atoms with E-state index in [0.29, 0.717) is 11.8 Å². The van der Waals surface area contributed by atoms with E-state index < -0.39 is 6.04 Å². The zero-order valence-corrected chi connectivity index (χ0v) is 15.4. The number of rotatable bonds is 6. The van der Waals surface area contributed by atoms with Crippen LogP contribution >= 0.6 is 0 Å². The first-order chi connectivity index (χ1) is 11.9. The Kier molecular flexibility index (Phi) is 5.39. The summed E-state index contributed by atoms with van der Waals surface area (Å²) in [5.41, 5.74) is 1.13. The summed E-state index contributed by atoms with van der Waals surface area (Å²) in [6.07, 6.45) is 6.50. The van der Waals surface area contributed by atoms with E-state index >= 15 is 0 Å². The van der Waals surface area contributed by atoms with Gasteiger partial charge in [-0.25, -0.2) is 0 Å². The first kappa shape index (κ1) is 17.9. The van der Waals surface area contributed by atoms with Gasteiger partial charge in [0.1, 0.15) is 6.04 Å². The molecular weight excluding hydrogens is 318 g/mol. The number of nitrogens with zero attached hydrogens (tertiary/aromatic N) is 4. The lowest BCUT2D eigenvalue weighted by Gasteiger charge is -2.35. The van der Waals surface area contributed by atoms with E-state index in [0.717, 1.165) is 38.2 Å². The molecule has 1 unspecified atom stereocenters. The normalized spacial score (nSPS) is 19.9. The summed E-state index contributed by atoms with van der Waals surface area (Å²) in [7, 11) is 0. The van der Waals surface area contributed by atoms with Gasteiger partial charge in [0.2, 0.25) is 11.8 Å². The van der Waals surface area contributed by atoms with Crippen LogP contribution in [0.1, 0.15) is 58.1 Å². The maximum absolute atomic E-state index is 12.7. The molecule has 1 aromatic heterocycles. The highest BCUT2D eigenvalue weighted by atomic mass is 16.2. The van der Waals surface area contributed by atoms with Gasteiger partial charge in [0.05, 0.1) is 5.69 Å². The van der Waals surface area contributed by atoms with Crippen molar-refractivity contribution in [1.29, 1.82) is 0 Å². The number of hydrogen-bond donors (Lipinski definition) is 1. The third kappa shape index (κ3) is 4.58. The first-order valence-electron chi connectivity index (χ1n) is 9.40. The Morgan fingerprint density at radius 2 is 1.92 bits per heavy atom. The van der Waals surface area contributed by atoms with Crippen LogP contribution in [0.25, 0.3) is 0 Å². The van der Waals surface area contributed by atoms with Gasteiger partial charge < -0.3 is 10.2 Å². The van der Waals surface area contributed by atoms with Gasteiger partial charge >= 0.3 is 0 Å². The molecule has 2 heterocycles. The van der Waals surface area contributed by atoms with Crippen molar-refractivity contribution < 1.29 is 9.59 Å². The summed E-state index contributed by atoms with van der Waals surface area (Å²) < 4.78 is 1.96. The molecule has 1 saturated carbocycles. The summed E-state index contributed by atoms with van der Waals surface area (Å²) >= 11 is 0. The molecule has 0 radical (unpaired) electrons. The molecule has 1 saturated heterocycles. The number of nitrogens with one attached hydrogen (secondary N) is 1. The maximum atomic E-state index is 12.7. The molecule has 0 bridgehead atoms. The van der Waals surface area contributed by atoms with Crippen LogP contribution in [0.5, 0.6) is 0 Å². The molecule has 2 fully saturated rings. The largest absolute Gasteiger partial charge is 0.344 e. The minimum absolute atomic E-state index is 0.0421. The number of piperidine rings is 1. The number of carbonyl (C=O) groups is 2. The monoisotopic (exact) mass is 347 g/mol. The predicted molar refractivity (Wildman–Crippen MR) is 93.7 cm³/mol. The Bertz CT molecular complexity index is 615. The molecule has 7 heteroatoms. The zero-order valence-electron chi connectivity index (χ0n) is 15.4. The van der Waals surface area contributed by atoms with Crippen LogP contribution in [0, 0.1) is 11.8 Å². The van der Waals surface area contributed by atoms with Crippen molar-refractivity contribution in [2.45, 2.75) is 65.0 Å². The number of hydrogen-bond acceptors (Lipinski definition) is 4. The van der Waals surface area contributed by atoms with E-state index in [4.69, 9.17) is 0 Å². The number of amides is 2. The second kappa shape index (κ2) is 7.54. The van der Waals surface area contributed by atoms with Crippen molar-refractivity contribution in [2.24, 2.45) is 11.8 Å².